The largest absolute Gasteiger partial charge is 0.335 e. The summed E-state index contributed by atoms with van der Waals surface area (Å²) >= 11 is 1.66. The Kier molecular flexibility index (Phi) is 5.59. The summed E-state index contributed by atoms with van der Waals surface area (Å²) in [6.45, 7) is 0. The summed E-state index contributed by atoms with van der Waals surface area (Å²) in [4.78, 5) is 14.5. The molecule has 0 spiro atoms. The molecule has 120 valence electrons. The summed E-state index contributed by atoms with van der Waals surface area (Å²) in [7, 11) is 0. The molecule has 2 N–H and O–H groups in total. The zero-order chi connectivity index (χ0) is 15.9. The van der Waals surface area contributed by atoms with Crippen LogP contribution in [0.4, 0.5) is 10.5 Å². The van der Waals surface area contributed by atoms with Gasteiger partial charge in [-0.3, -0.25) is 0 Å². The third kappa shape index (κ3) is 4.76. The molecule has 1 aliphatic rings. The highest BCUT2D eigenvalue weighted by Crippen LogP contribution is 2.33. The SMILES string of the molecule is O=C(Nc1ccccc1Sc1ccccc1)NC1CCCCC1. The minimum atomic E-state index is -0.0991. The van der Waals surface area contributed by atoms with Crippen LogP contribution in [0.25, 0.3) is 0 Å². The zero-order valence-electron chi connectivity index (χ0n) is 13.1. The highest BCUT2D eigenvalue weighted by Gasteiger charge is 2.16. The fraction of sp³-hybridized carbons (Fsp3) is 0.316. The number of anilines is 1. The van der Waals surface area contributed by atoms with Crippen LogP contribution < -0.4 is 10.6 Å². The molecule has 2 aromatic rings. The molecule has 2 amide bonds. The number of nitrogens with one attached hydrogen (secondary N) is 2. The van der Waals surface area contributed by atoms with Gasteiger partial charge < -0.3 is 10.6 Å². The lowest BCUT2D eigenvalue weighted by Gasteiger charge is -2.23. The van der Waals surface area contributed by atoms with Crippen molar-refractivity contribution in [3.8, 4) is 0 Å². The van der Waals surface area contributed by atoms with Gasteiger partial charge in [0.25, 0.3) is 0 Å². The fourth-order valence-electron chi connectivity index (χ4n) is 2.87. The fourth-order valence-corrected chi connectivity index (χ4v) is 3.79. The molecule has 0 bridgehead atoms. The van der Waals surface area contributed by atoms with Crippen LogP contribution in [0.1, 0.15) is 32.1 Å². The second kappa shape index (κ2) is 8.06. The van der Waals surface area contributed by atoms with Crippen LogP contribution in [0.3, 0.4) is 0 Å². The maximum Gasteiger partial charge on any atom is 0.319 e. The van der Waals surface area contributed by atoms with E-state index >= 15 is 0 Å². The Labute approximate surface area is 141 Å². The van der Waals surface area contributed by atoms with Crippen molar-refractivity contribution in [2.24, 2.45) is 0 Å². The first kappa shape index (κ1) is 15.9. The van der Waals surface area contributed by atoms with Crippen molar-refractivity contribution in [3.05, 3.63) is 54.6 Å². The third-order valence-electron chi connectivity index (χ3n) is 4.05. The first-order valence-corrected chi connectivity index (χ1v) is 9.02. The van der Waals surface area contributed by atoms with Gasteiger partial charge in [0, 0.05) is 15.8 Å². The number of para-hydroxylation sites is 1. The van der Waals surface area contributed by atoms with E-state index in [0.29, 0.717) is 6.04 Å². The summed E-state index contributed by atoms with van der Waals surface area (Å²) < 4.78 is 0. The van der Waals surface area contributed by atoms with Crippen LogP contribution in [0.2, 0.25) is 0 Å². The third-order valence-corrected chi connectivity index (χ3v) is 5.13. The van der Waals surface area contributed by atoms with E-state index in [1.54, 1.807) is 11.8 Å². The van der Waals surface area contributed by atoms with Crippen molar-refractivity contribution in [3.63, 3.8) is 0 Å². The summed E-state index contributed by atoms with van der Waals surface area (Å²) in [6.07, 6.45) is 5.90. The molecule has 4 heteroatoms. The molecule has 1 fully saturated rings. The normalized spacial score (nSPS) is 15.1. The molecule has 0 heterocycles. The van der Waals surface area contributed by atoms with E-state index in [-0.39, 0.29) is 6.03 Å². The Balaban J connectivity index is 1.64. The summed E-state index contributed by atoms with van der Waals surface area (Å²) in [5.41, 5.74) is 0.856. The second-order valence-electron chi connectivity index (χ2n) is 5.84. The average molecular weight is 326 g/mol. The van der Waals surface area contributed by atoms with Crippen LogP contribution in [0, 0.1) is 0 Å². The Bertz CT molecular complexity index is 639. The first-order valence-electron chi connectivity index (χ1n) is 8.21. The van der Waals surface area contributed by atoms with E-state index in [1.165, 1.54) is 19.3 Å². The van der Waals surface area contributed by atoms with E-state index in [2.05, 4.69) is 22.8 Å². The quantitative estimate of drug-likeness (QED) is 0.801. The van der Waals surface area contributed by atoms with Gasteiger partial charge in [-0.1, -0.05) is 61.4 Å². The molecule has 0 unspecified atom stereocenters. The van der Waals surface area contributed by atoms with Gasteiger partial charge in [-0.15, -0.1) is 0 Å². The lowest BCUT2D eigenvalue weighted by molar-refractivity contribution is 0.244. The molecule has 1 aliphatic carbocycles. The molecule has 0 aliphatic heterocycles. The predicted octanol–water partition coefficient (Wildman–Crippen LogP) is 5.29. The molecular weight excluding hydrogens is 304 g/mol. The van der Waals surface area contributed by atoms with Crippen LogP contribution in [-0.4, -0.2) is 12.1 Å². The number of carbonyl (C=O) groups excluding carboxylic acids is 1. The number of amides is 2. The number of carbonyl (C=O) groups is 1. The van der Waals surface area contributed by atoms with Crippen molar-refractivity contribution in [1.82, 2.24) is 5.32 Å². The summed E-state index contributed by atoms with van der Waals surface area (Å²) in [5, 5.41) is 6.11. The maximum absolute atomic E-state index is 12.3. The molecule has 3 nitrogen and oxygen atoms in total. The van der Waals surface area contributed by atoms with Crippen LogP contribution >= 0.6 is 11.8 Å². The molecule has 1 saturated carbocycles. The van der Waals surface area contributed by atoms with Gasteiger partial charge in [-0.2, -0.15) is 0 Å². The van der Waals surface area contributed by atoms with Gasteiger partial charge in [0.1, 0.15) is 0 Å². The van der Waals surface area contributed by atoms with Gasteiger partial charge >= 0.3 is 6.03 Å². The number of rotatable bonds is 4. The maximum atomic E-state index is 12.3. The Morgan fingerprint density at radius 2 is 1.61 bits per heavy atom. The van der Waals surface area contributed by atoms with Crippen LogP contribution in [0.5, 0.6) is 0 Å². The first-order chi connectivity index (χ1) is 11.3. The second-order valence-corrected chi connectivity index (χ2v) is 6.96. The van der Waals surface area contributed by atoms with Crippen molar-refractivity contribution < 1.29 is 4.79 Å². The minimum Gasteiger partial charge on any atom is -0.335 e. The van der Waals surface area contributed by atoms with Crippen molar-refractivity contribution >= 4 is 23.5 Å². The monoisotopic (exact) mass is 326 g/mol. The molecule has 23 heavy (non-hydrogen) atoms. The van der Waals surface area contributed by atoms with Gasteiger partial charge in [0.2, 0.25) is 0 Å². The smallest absolute Gasteiger partial charge is 0.319 e. The Morgan fingerprint density at radius 3 is 2.39 bits per heavy atom. The van der Waals surface area contributed by atoms with Crippen molar-refractivity contribution in [1.29, 1.82) is 0 Å². The lowest BCUT2D eigenvalue weighted by atomic mass is 9.96. The van der Waals surface area contributed by atoms with Gasteiger partial charge in [0.05, 0.1) is 5.69 Å². The molecule has 0 saturated heterocycles. The molecular formula is C19H22N2OS. The number of benzene rings is 2. The number of hydrogen-bond acceptors (Lipinski definition) is 2. The topological polar surface area (TPSA) is 41.1 Å². The van der Waals surface area contributed by atoms with Crippen molar-refractivity contribution in [2.75, 3.05) is 5.32 Å². The Hall–Kier alpha value is -1.94. The summed E-state index contributed by atoms with van der Waals surface area (Å²) in [5.74, 6) is 0. The number of urea groups is 1. The van der Waals surface area contributed by atoms with Crippen molar-refractivity contribution in [2.45, 2.75) is 47.9 Å². The summed E-state index contributed by atoms with van der Waals surface area (Å²) in [6, 6.07) is 18.3. The predicted molar refractivity (Wildman–Crippen MR) is 96.0 cm³/mol. The minimum absolute atomic E-state index is 0.0991. The highest BCUT2D eigenvalue weighted by atomic mass is 32.2. The van der Waals surface area contributed by atoms with E-state index in [9.17, 15) is 4.79 Å². The van der Waals surface area contributed by atoms with E-state index < -0.39 is 0 Å². The van der Waals surface area contributed by atoms with Crippen LogP contribution in [-0.2, 0) is 0 Å². The molecule has 2 aromatic carbocycles. The molecule has 3 rings (SSSR count). The van der Waals surface area contributed by atoms with E-state index in [0.717, 1.165) is 28.3 Å². The highest BCUT2D eigenvalue weighted by molar-refractivity contribution is 7.99. The van der Waals surface area contributed by atoms with E-state index in [4.69, 9.17) is 0 Å². The van der Waals surface area contributed by atoms with E-state index in [1.807, 2.05) is 42.5 Å². The standard InChI is InChI=1S/C19H22N2OS/c22-19(20-15-9-3-1-4-10-15)21-17-13-7-8-14-18(17)23-16-11-5-2-6-12-16/h2,5-8,11-15H,1,3-4,9-10H2,(H2,20,21,22). The zero-order valence-corrected chi connectivity index (χ0v) is 13.9. The average Bonchev–Trinajstić information content (AvgIpc) is 2.58. The molecule has 0 aromatic heterocycles. The van der Waals surface area contributed by atoms with Gasteiger partial charge in [-0.25, -0.2) is 4.79 Å². The molecule has 0 atom stereocenters. The van der Waals surface area contributed by atoms with Gasteiger partial charge in [-0.05, 0) is 37.1 Å². The van der Waals surface area contributed by atoms with Gasteiger partial charge in [0.15, 0.2) is 0 Å². The van der Waals surface area contributed by atoms with Crippen LogP contribution in [0.15, 0.2) is 64.4 Å². The lowest BCUT2D eigenvalue weighted by Crippen LogP contribution is -2.39. The Morgan fingerprint density at radius 1 is 0.913 bits per heavy atom. The molecule has 0 radical (unpaired) electrons. The number of hydrogen-bond donors (Lipinski definition) is 2.